The van der Waals surface area contributed by atoms with Gasteiger partial charge in [0.25, 0.3) is 0 Å². The number of carbonyl (C=O) groups is 1. The minimum Gasteiger partial charge on any atom is -0.358 e. The number of halogens is 1. The van der Waals surface area contributed by atoms with Crippen LogP contribution < -0.4 is 5.32 Å². The van der Waals surface area contributed by atoms with E-state index < -0.39 is 15.2 Å². The third-order valence-electron chi connectivity index (χ3n) is 1.60. The summed E-state index contributed by atoms with van der Waals surface area (Å²) >= 11 is 5.29. The van der Waals surface area contributed by atoms with Gasteiger partial charge in [-0.25, -0.2) is 8.42 Å². The summed E-state index contributed by atoms with van der Waals surface area (Å²) in [7, 11) is -2.03. The van der Waals surface area contributed by atoms with Gasteiger partial charge >= 0.3 is 0 Å². The summed E-state index contributed by atoms with van der Waals surface area (Å²) in [5.41, 5.74) is 0. The van der Waals surface area contributed by atoms with Crippen molar-refractivity contribution in [2.45, 2.75) is 13.3 Å². The lowest BCUT2D eigenvalue weighted by atomic mass is 10.4. The van der Waals surface area contributed by atoms with E-state index in [1.54, 1.807) is 0 Å². The van der Waals surface area contributed by atoms with E-state index in [0.717, 1.165) is 4.31 Å². The molecule has 0 saturated heterocycles. The normalized spacial score (nSPS) is 11.7. The monoisotopic (exact) mass is 242 g/mol. The van der Waals surface area contributed by atoms with E-state index in [0.29, 0.717) is 13.0 Å². The van der Waals surface area contributed by atoms with E-state index in [9.17, 15) is 13.2 Å². The molecule has 0 aromatic heterocycles. The Labute approximate surface area is 89.5 Å². The smallest absolute Gasteiger partial charge is 0.235 e. The van der Waals surface area contributed by atoms with Crippen molar-refractivity contribution in [1.29, 1.82) is 0 Å². The van der Waals surface area contributed by atoms with Crippen LogP contribution in [0.2, 0.25) is 0 Å². The molecule has 1 amide bonds. The Morgan fingerprint density at radius 3 is 2.43 bits per heavy atom. The maximum Gasteiger partial charge on any atom is 0.235 e. The molecule has 0 heterocycles. The van der Waals surface area contributed by atoms with Gasteiger partial charge in [-0.05, 0) is 6.42 Å². The molecule has 0 fully saturated rings. The standard InChI is InChI=1S/C7H15ClN2O3S/c1-3-4-10(5-7(11)9-2)14(12,13)6-8/h3-6H2,1-2H3,(H,9,11). The van der Waals surface area contributed by atoms with Crippen LogP contribution in [0.1, 0.15) is 13.3 Å². The summed E-state index contributed by atoms with van der Waals surface area (Å²) in [6, 6.07) is 0. The molecule has 14 heavy (non-hydrogen) atoms. The predicted molar refractivity (Wildman–Crippen MR) is 55.6 cm³/mol. The first-order valence-corrected chi connectivity index (χ1v) is 6.36. The average molecular weight is 243 g/mol. The van der Waals surface area contributed by atoms with E-state index in [4.69, 9.17) is 11.6 Å². The number of hydrogen-bond acceptors (Lipinski definition) is 3. The summed E-state index contributed by atoms with van der Waals surface area (Å²) in [6.07, 6.45) is 0.646. The third kappa shape index (κ3) is 4.26. The number of amides is 1. The fourth-order valence-corrected chi connectivity index (χ4v) is 2.20. The minimum atomic E-state index is -3.49. The second-order valence-electron chi connectivity index (χ2n) is 2.73. The van der Waals surface area contributed by atoms with Gasteiger partial charge < -0.3 is 5.32 Å². The predicted octanol–water partition coefficient (Wildman–Crippen LogP) is -0.0295. The van der Waals surface area contributed by atoms with Crippen LogP contribution in [-0.2, 0) is 14.8 Å². The number of likely N-dealkylation sites (N-methyl/N-ethyl adjacent to an activating group) is 1. The molecule has 0 radical (unpaired) electrons. The van der Waals surface area contributed by atoms with Crippen LogP contribution in [0.15, 0.2) is 0 Å². The van der Waals surface area contributed by atoms with Crippen molar-refractivity contribution >= 4 is 27.5 Å². The van der Waals surface area contributed by atoms with Crippen molar-refractivity contribution in [3.8, 4) is 0 Å². The van der Waals surface area contributed by atoms with E-state index in [2.05, 4.69) is 5.32 Å². The lowest BCUT2D eigenvalue weighted by molar-refractivity contribution is -0.120. The van der Waals surface area contributed by atoms with Crippen LogP contribution in [-0.4, -0.2) is 44.0 Å². The van der Waals surface area contributed by atoms with Gasteiger partial charge in [0.1, 0.15) is 5.21 Å². The maximum absolute atomic E-state index is 11.4. The molecular weight excluding hydrogens is 228 g/mol. The second kappa shape index (κ2) is 6.21. The molecule has 0 atom stereocenters. The zero-order chi connectivity index (χ0) is 11.2. The molecule has 0 rings (SSSR count). The molecule has 0 aromatic carbocycles. The number of alkyl halides is 1. The van der Waals surface area contributed by atoms with E-state index in [1.165, 1.54) is 7.05 Å². The van der Waals surface area contributed by atoms with E-state index >= 15 is 0 Å². The molecule has 0 aliphatic carbocycles. The van der Waals surface area contributed by atoms with E-state index in [1.807, 2.05) is 6.92 Å². The quantitative estimate of drug-likeness (QED) is 0.666. The largest absolute Gasteiger partial charge is 0.358 e. The molecule has 5 nitrogen and oxygen atoms in total. The Morgan fingerprint density at radius 1 is 1.50 bits per heavy atom. The molecule has 0 unspecified atom stereocenters. The fraction of sp³-hybridized carbons (Fsp3) is 0.857. The summed E-state index contributed by atoms with van der Waals surface area (Å²) < 4.78 is 23.8. The molecule has 0 aromatic rings. The topological polar surface area (TPSA) is 66.5 Å². The first-order valence-electron chi connectivity index (χ1n) is 4.22. The van der Waals surface area contributed by atoms with Gasteiger partial charge in [-0.3, -0.25) is 4.79 Å². The molecular formula is C7H15ClN2O3S. The molecule has 7 heteroatoms. The summed E-state index contributed by atoms with van der Waals surface area (Å²) in [5.74, 6) is -0.341. The highest BCUT2D eigenvalue weighted by Crippen LogP contribution is 2.04. The lowest BCUT2D eigenvalue weighted by Gasteiger charge is -2.18. The number of nitrogens with one attached hydrogen (secondary N) is 1. The van der Waals surface area contributed by atoms with Gasteiger partial charge in [-0.15, -0.1) is 11.6 Å². The van der Waals surface area contributed by atoms with Crippen LogP contribution in [0.3, 0.4) is 0 Å². The zero-order valence-electron chi connectivity index (χ0n) is 8.29. The Hall–Kier alpha value is -0.330. The van der Waals surface area contributed by atoms with Crippen LogP contribution in [0.4, 0.5) is 0 Å². The molecule has 0 spiro atoms. The van der Waals surface area contributed by atoms with Gasteiger partial charge in [-0.2, -0.15) is 4.31 Å². The minimum absolute atomic E-state index is 0.167. The number of carbonyl (C=O) groups excluding carboxylic acids is 1. The Balaban J connectivity index is 4.52. The zero-order valence-corrected chi connectivity index (χ0v) is 9.86. The first kappa shape index (κ1) is 13.7. The highest BCUT2D eigenvalue weighted by Gasteiger charge is 2.21. The third-order valence-corrected chi connectivity index (χ3v) is 3.80. The van der Waals surface area contributed by atoms with Crippen LogP contribution in [0, 0.1) is 0 Å². The molecule has 0 aliphatic rings. The van der Waals surface area contributed by atoms with Gasteiger partial charge in [0.2, 0.25) is 15.9 Å². The van der Waals surface area contributed by atoms with Crippen molar-refractivity contribution in [2.24, 2.45) is 0 Å². The van der Waals surface area contributed by atoms with Crippen molar-refractivity contribution < 1.29 is 13.2 Å². The second-order valence-corrected chi connectivity index (χ2v) is 5.28. The van der Waals surface area contributed by atoms with Gasteiger partial charge in [0, 0.05) is 13.6 Å². The summed E-state index contributed by atoms with van der Waals surface area (Å²) in [5, 5.41) is 1.87. The average Bonchev–Trinajstić information content (AvgIpc) is 2.17. The molecule has 0 aliphatic heterocycles. The van der Waals surface area contributed by atoms with Gasteiger partial charge in [-0.1, -0.05) is 6.92 Å². The highest BCUT2D eigenvalue weighted by molar-refractivity contribution is 7.90. The fourth-order valence-electron chi connectivity index (χ4n) is 0.874. The molecule has 0 saturated carbocycles. The summed E-state index contributed by atoms with van der Waals surface area (Å²) in [4.78, 5) is 11.0. The number of nitrogens with zero attached hydrogens (tertiary/aromatic N) is 1. The summed E-state index contributed by atoms with van der Waals surface area (Å²) in [6.45, 7) is 1.97. The Kier molecular flexibility index (Phi) is 6.06. The van der Waals surface area contributed by atoms with Crippen LogP contribution in [0.5, 0.6) is 0 Å². The Bertz CT molecular complexity index is 279. The van der Waals surface area contributed by atoms with Gasteiger partial charge in [0.05, 0.1) is 6.54 Å². The Morgan fingerprint density at radius 2 is 2.07 bits per heavy atom. The number of hydrogen-bond donors (Lipinski definition) is 1. The SMILES string of the molecule is CCCN(CC(=O)NC)S(=O)(=O)CCl. The van der Waals surface area contributed by atoms with Crippen LogP contribution in [0.25, 0.3) is 0 Å². The van der Waals surface area contributed by atoms with Crippen molar-refractivity contribution in [3.63, 3.8) is 0 Å². The maximum atomic E-state index is 11.4. The first-order chi connectivity index (χ1) is 6.47. The van der Waals surface area contributed by atoms with Crippen LogP contribution >= 0.6 is 11.6 Å². The van der Waals surface area contributed by atoms with Crippen molar-refractivity contribution in [2.75, 3.05) is 25.3 Å². The van der Waals surface area contributed by atoms with Gasteiger partial charge in [0.15, 0.2) is 0 Å². The highest BCUT2D eigenvalue weighted by atomic mass is 35.5. The molecule has 84 valence electrons. The number of rotatable bonds is 6. The van der Waals surface area contributed by atoms with E-state index in [-0.39, 0.29) is 12.5 Å². The molecule has 1 N–H and O–H groups in total. The van der Waals surface area contributed by atoms with Crippen molar-refractivity contribution in [3.05, 3.63) is 0 Å². The lowest BCUT2D eigenvalue weighted by Crippen LogP contribution is -2.40. The molecule has 0 bridgehead atoms. The number of sulfonamides is 1. The van der Waals surface area contributed by atoms with Crippen molar-refractivity contribution in [1.82, 2.24) is 9.62 Å².